The second-order valence-electron chi connectivity index (χ2n) is 5.89. The summed E-state index contributed by atoms with van der Waals surface area (Å²) in [4.78, 5) is 22.0. The average Bonchev–Trinajstić information content (AvgIpc) is 2.98. The summed E-state index contributed by atoms with van der Waals surface area (Å²) in [5.74, 6) is 1.07. The van der Waals surface area contributed by atoms with Crippen LogP contribution in [0.1, 0.15) is 29.2 Å². The number of nitrogens with one attached hydrogen (secondary N) is 1. The number of hydrogen-bond donors (Lipinski definition) is 1. The first-order valence-electron chi connectivity index (χ1n) is 7.98. The second kappa shape index (κ2) is 6.33. The fourth-order valence-electron chi connectivity index (χ4n) is 3.21. The Morgan fingerprint density at radius 1 is 1.20 bits per heavy atom. The Morgan fingerprint density at radius 3 is 2.60 bits per heavy atom. The predicted molar refractivity (Wildman–Crippen MR) is 97.2 cm³/mol. The van der Waals surface area contributed by atoms with Gasteiger partial charge in [0.1, 0.15) is 5.82 Å². The third-order valence-corrected chi connectivity index (χ3v) is 5.11. The van der Waals surface area contributed by atoms with Crippen LogP contribution in [0.15, 0.2) is 47.6 Å². The number of nitrogens with zero attached hydrogens (tertiary/aromatic N) is 4. The van der Waals surface area contributed by atoms with Crippen molar-refractivity contribution < 1.29 is 4.79 Å². The first kappa shape index (κ1) is 15.8. The van der Waals surface area contributed by atoms with E-state index in [0.29, 0.717) is 18.2 Å². The molecule has 1 amide bonds. The normalized spacial score (nSPS) is 16.4. The zero-order valence-electron chi connectivity index (χ0n) is 13.9. The van der Waals surface area contributed by atoms with Crippen molar-refractivity contribution >= 4 is 23.5 Å². The molecule has 1 atom stereocenters. The highest BCUT2D eigenvalue weighted by Crippen LogP contribution is 2.40. The van der Waals surface area contributed by atoms with Crippen molar-refractivity contribution in [3.8, 4) is 5.95 Å². The number of amides is 1. The van der Waals surface area contributed by atoms with Gasteiger partial charge >= 0.3 is 0 Å². The van der Waals surface area contributed by atoms with E-state index >= 15 is 0 Å². The molecule has 0 radical (unpaired) electrons. The van der Waals surface area contributed by atoms with Crippen LogP contribution in [0.2, 0.25) is 0 Å². The van der Waals surface area contributed by atoms with Gasteiger partial charge in [0.15, 0.2) is 0 Å². The molecule has 0 spiro atoms. The molecule has 0 saturated carbocycles. The number of carbonyl (C=O) groups is 1. The molecular formula is C18H17N5OS. The number of fused-ring (bicyclic) bond motifs is 1. The fourth-order valence-corrected chi connectivity index (χ4v) is 3.62. The molecule has 1 aliphatic rings. The monoisotopic (exact) mass is 351 g/mol. The van der Waals surface area contributed by atoms with Gasteiger partial charge in [-0.1, -0.05) is 12.1 Å². The quantitative estimate of drug-likeness (QED) is 0.734. The molecule has 126 valence electrons. The molecule has 0 saturated heterocycles. The second-order valence-corrected chi connectivity index (χ2v) is 6.77. The van der Waals surface area contributed by atoms with Gasteiger partial charge in [0.25, 0.3) is 5.95 Å². The van der Waals surface area contributed by atoms with Crippen molar-refractivity contribution in [1.29, 1.82) is 0 Å². The van der Waals surface area contributed by atoms with Gasteiger partial charge in [-0.15, -0.1) is 11.8 Å². The largest absolute Gasteiger partial charge is 0.310 e. The van der Waals surface area contributed by atoms with E-state index in [2.05, 4.69) is 50.9 Å². The Bertz CT molecular complexity index is 921. The first-order chi connectivity index (χ1) is 12.2. The van der Waals surface area contributed by atoms with Crippen LogP contribution >= 0.6 is 11.8 Å². The third-order valence-electron chi connectivity index (χ3n) is 4.36. The molecule has 1 aromatic carbocycles. The highest BCUT2D eigenvalue weighted by Gasteiger charge is 2.33. The molecule has 3 heterocycles. The fraction of sp³-hybridized carbons (Fsp3) is 0.222. The number of benzene rings is 1. The van der Waals surface area contributed by atoms with E-state index in [1.807, 2.05) is 6.92 Å². The van der Waals surface area contributed by atoms with E-state index in [4.69, 9.17) is 0 Å². The third kappa shape index (κ3) is 2.80. The molecule has 0 aliphatic carbocycles. The summed E-state index contributed by atoms with van der Waals surface area (Å²) < 4.78 is 1.62. The van der Waals surface area contributed by atoms with Crippen LogP contribution in [-0.4, -0.2) is 31.9 Å². The molecule has 3 aromatic rings. The van der Waals surface area contributed by atoms with Crippen molar-refractivity contribution in [3.63, 3.8) is 0 Å². The lowest BCUT2D eigenvalue weighted by molar-refractivity contribution is -0.116. The summed E-state index contributed by atoms with van der Waals surface area (Å²) in [5, 5.41) is 7.53. The summed E-state index contributed by atoms with van der Waals surface area (Å²) in [7, 11) is 0. The van der Waals surface area contributed by atoms with E-state index < -0.39 is 0 Å². The van der Waals surface area contributed by atoms with Gasteiger partial charge in [0, 0.05) is 35.2 Å². The molecule has 25 heavy (non-hydrogen) atoms. The van der Waals surface area contributed by atoms with Crippen molar-refractivity contribution in [2.45, 2.75) is 24.2 Å². The van der Waals surface area contributed by atoms with Crippen LogP contribution in [0.4, 0.5) is 5.82 Å². The van der Waals surface area contributed by atoms with Gasteiger partial charge in [0.2, 0.25) is 5.91 Å². The molecule has 2 aromatic heterocycles. The van der Waals surface area contributed by atoms with E-state index in [0.717, 1.165) is 16.8 Å². The number of aromatic nitrogens is 4. The van der Waals surface area contributed by atoms with Crippen LogP contribution in [-0.2, 0) is 4.79 Å². The minimum atomic E-state index is -0.0245. The van der Waals surface area contributed by atoms with Gasteiger partial charge in [-0.2, -0.15) is 9.78 Å². The molecule has 0 bridgehead atoms. The predicted octanol–water partition coefficient (Wildman–Crippen LogP) is 3.17. The lowest BCUT2D eigenvalue weighted by Crippen LogP contribution is -2.25. The molecule has 4 rings (SSSR count). The first-order valence-corrected chi connectivity index (χ1v) is 9.20. The minimum Gasteiger partial charge on any atom is -0.310 e. The number of aryl methyl sites for hydroxylation is 1. The Morgan fingerprint density at radius 2 is 1.92 bits per heavy atom. The Balaban J connectivity index is 1.83. The smallest absolute Gasteiger partial charge is 0.252 e. The van der Waals surface area contributed by atoms with Gasteiger partial charge in [-0.25, -0.2) is 9.97 Å². The SMILES string of the molecule is CSc1ccc(C2CC(=O)Nc3c2c(C)nn3-c2ncccn2)cc1. The number of thioether (sulfide) groups is 1. The van der Waals surface area contributed by atoms with E-state index in [9.17, 15) is 4.79 Å². The van der Waals surface area contributed by atoms with Crippen molar-refractivity contribution in [1.82, 2.24) is 19.7 Å². The maximum atomic E-state index is 12.3. The number of anilines is 1. The molecule has 6 nitrogen and oxygen atoms in total. The zero-order valence-corrected chi connectivity index (χ0v) is 14.7. The molecule has 1 unspecified atom stereocenters. The maximum Gasteiger partial charge on any atom is 0.252 e. The summed E-state index contributed by atoms with van der Waals surface area (Å²) in [6.45, 7) is 1.96. The number of carbonyl (C=O) groups excluding carboxylic acids is 1. The van der Waals surface area contributed by atoms with Crippen LogP contribution in [0.3, 0.4) is 0 Å². The zero-order chi connectivity index (χ0) is 17.4. The Kier molecular flexibility index (Phi) is 4.01. The Hall–Kier alpha value is -2.67. The van der Waals surface area contributed by atoms with Gasteiger partial charge in [-0.3, -0.25) is 4.79 Å². The van der Waals surface area contributed by atoms with E-state index in [-0.39, 0.29) is 11.8 Å². The van der Waals surface area contributed by atoms with Crippen LogP contribution in [0.5, 0.6) is 0 Å². The lowest BCUT2D eigenvalue weighted by atomic mass is 9.86. The van der Waals surface area contributed by atoms with Gasteiger partial charge < -0.3 is 5.32 Å². The summed E-state index contributed by atoms with van der Waals surface area (Å²) in [6, 6.07) is 10.1. The van der Waals surface area contributed by atoms with Crippen molar-refractivity contribution in [2.24, 2.45) is 0 Å². The summed E-state index contributed by atoms with van der Waals surface area (Å²) in [6.07, 6.45) is 5.78. The average molecular weight is 351 g/mol. The molecule has 1 N–H and O–H groups in total. The standard InChI is InChI=1S/C18H17N5OS/c1-11-16-14(12-4-6-13(25-2)7-5-12)10-15(24)21-17(16)23(22-11)18-19-8-3-9-20-18/h3-9,14H,10H2,1-2H3,(H,21,24). The minimum absolute atomic E-state index is 0.0166. The highest BCUT2D eigenvalue weighted by molar-refractivity contribution is 7.98. The highest BCUT2D eigenvalue weighted by atomic mass is 32.2. The van der Waals surface area contributed by atoms with Gasteiger partial charge in [-0.05, 0) is 36.9 Å². The number of hydrogen-bond acceptors (Lipinski definition) is 5. The van der Waals surface area contributed by atoms with Crippen molar-refractivity contribution in [2.75, 3.05) is 11.6 Å². The van der Waals surface area contributed by atoms with Crippen LogP contribution in [0, 0.1) is 6.92 Å². The summed E-state index contributed by atoms with van der Waals surface area (Å²) >= 11 is 1.70. The Labute approximate surface area is 149 Å². The molecule has 0 fully saturated rings. The van der Waals surface area contributed by atoms with E-state index in [1.165, 1.54) is 4.90 Å². The number of rotatable bonds is 3. The lowest BCUT2D eigenvalue weighted by Gasteiger charge is -2.24. The van der Waals surface area contributed by atoms with Crippen molar-refractivity contribution in [3.05, 3.63) is 59.5 Å². The van der Waals surface area contributed by atoms with Crippen LogP contribution in [0.25, 0.3) is 5.95 Å². The maximum absolute atomic E-state index is 12.3. The molecular weight excluding hydrogens is 334 g/mol. The molecule has 1 aliphatic heterocycles. The van der Waals surface area contributed by atoms with E-state index in [1.54, 1.807) is 34.9 Å². The van der Waals surface area contributed by atoms with Crippen LogP contribution < -0.4 is 5.32 Å². The topological polar surface area (TPSA) is 72.7 Å². The summed E-state index contributed by atoms with van der Waals surface area (Å²) in [5.41, 5.74) is 3.02. The molecule has 7 heteroatoms. The van der Waals surface area contributed by atoms with Gasteiger partial charge in [0.05, 0.1) is 5.69 Å².